The first-order valence-corrected chi connectivity index (χ1v) is 12.7. The van der Waals surface area contributed by atoms with Crippen molar-refractivity contribution in [2.75, 3.05) is 0 Å². The zero-order valence-corrected chi connectivity index (χ0v) is 20.0. The minimum atomic E-state index is -3.59. The van der Waals surface area contributed by atoms with Crippen LogP contribution in [-0.4, -0.2) is 23.6 Å². The average molecular weight is 470 g/mol. The number of nitrogens with zero attached hydrogens (tertiary/aromatic N) is 2. The fraction of sp³-hybridized carbons (Fsp3) is 0.360. The third-order valence-corrected chi connectivity index (χ3v) is 8.94. The maximum atomic E-state index is 13.6. The molecule has 0 saturated carbocycles. The van der Waals surface area contributed by atoms with E-state index < -0.39 is 9.84 Å². The van der Waals surface area contributed by atoms with Gasteiger partial charge in [-0.3, -0.25) is 0 Å². The summed E-state index contributed by atoms with van der Waals surface area (Å²) in [7, 11) is -1.49. The quantitative estimate of drug-likeness (QED) is 0.450. The second-order valence-electron chi connectivity index (χ2n) is 9.03. The molecule has 1 saturated heterocycles. The number of hydrogen-bond acceptors (Lipinski definition) is 3. The molecule has 1 N–H and O–H groups in total. The van der Waals surface area contributed by atoms with E-state index in [0.717, 1.165) is 47.6 Å². The van der Waals surface area contributed by atoms with Crippen LogP contribution in [0.3, 0.4) is 0 Å². The minimum Gasteiger partial charge on any atom is -0.347 e. The third kappa shape index (κ3) is 3.04. The average Bonchev–Trinajstić information content (AvgIpc) is 3.43. The topological polar surface area (TPSA) is 56.0 Å². The molecule has 2 aromatic carbocycles. The van der Waals surface area contributed by atoms with Gasteiger partial charge in [-0.25, -0.2) is 8.42 Å². The first-order valence-electron chi connectivity index (χ1n) is 11.2. The van der Waals surface area contributed by atoms with Gasteiger partial charge in [0, 0.05) is 65.8 Å². The Morgan fingerprint density at radius 3 is 2.56 bits per heavy atom. The van der Waals surface area contributed by atoms with Crippen LogP contribution in [0.4, 0.5) is 0 Å². The molecule has 1 fully saturated rings. The molecule has 168 valence electrons. The van der Waals surface area contributed by atoms with Gasteiger partial charge >= 0.3 is 0 Å². The lowest BCUT2D eigenvalue weighted by Gasteiger charge is -2.23. The molecule has 2 aromatic heterocycles. The summed E-state index contributed by atoms with van der Waals surface area (Å²) in [4.78, 5) is 0.735. The summed E-state index contributed by atoms with van der Waals surface area (Å²) in [6, 6.07) is 14.0. The molecule has 7 heteroatoms. The van der Waals surface area contributed by atoms with Crippen molar-refractivity contribution >= 4 is 44.1 Å². The van der Waals surface area contributed by atoms with Crippen LogP contribution < -0.4 is 5.32 Å². The van der Waals surface area contributed by atoms with Crippen molar-refractivity contribution in [1.82, 2.24) is 14.5 Å². The van der Waals surface area contributed by atoms with Gasteiger partial charge in [-0.2, -0.15) is 0 Å². The molecule has 6 rings (SSSR count). The highest BCUT2D eigenvalue weighted by Gasteiger charge is 2.36. The number of halogens is 1. The summed E-state index contributed by atoms with van der Waals surface area (Å²) in [6.07, 6.45) is 6.41. The molecular formula is C25H28ClN3O2S. The van der Waals surface area contributed by atoms with Crippen LogP contribution in [0.2, 0.25) is 0 Å². The number of nitrogens with one attached hydrogen (secondary N) is 1. The maximum absolute atomic E-state index is 13.6. The number of hydrogen-bond donors (Lipinski definition) is 1. The lowest BCUT2D eigenvalue weighted by atomic mass is 9.99. The molecule has 2 aliphatic rings. The summed E-state index contributed by atoms with van der Waals surface area (Å²) in [5, 5.41) is 5.75. The van der Waals surface area contributed by atoms with E-state index in [9.17, 15) is 8.42 Å². The van der Waals surface area contributed by atoms with Gasteiger partial charge in [-0.05, 0) is 67.3 Å². The van der Waals surface area contributed by atoms with Gasteiger partial charge in [0.2, 0.25) is 9.84 Å². The Balaban J connectivity index is 0.00000216. The van der Waals surface area contributed by atoms with E-state index in [0.29, 0.717) is 21.9 Å². The maximum Gasteiger partial charge on any atom is 0.206 e. The van der Waals surface area contributed by atoms with Gasteiger partial charge in [0.15, 0.2) is 0 Å². The predicted octanol–water partition coefficient (Wildman–Crippen LogP) is 5.15. The van der Waals surface area contributed by atoms with E-state index in [1.807, 2.05) is 36.5 Å². The lowest BCUT2D eigenvalue weighted by Crippen LogP contribution is -2.32. The number of benzene rings is 2. The summed E-state index contributed by atoms with van der Waals surface area (Å²) in [6.45, 7) is 3.08. The van der Waals surface area contributed by atoms with Crippen LogP contribution in [0, 0.1) is 0 Å². The highest BCUT2D eigenvalue weighted by molar-refractivity contribution is 7.91. The van der Waals surface area contributed by atoms with E-state index in [2.05, 4.69) is 28.4 Å². The summed E-state index contributed by atoms with van der Waals surface area (Å²) in [5.41, 5.74) is 4.85. The molecule has 5 nitrogen and oxygen atoms in total. The van der Waals surface area contributed by atoms with Crippen molar-refractivity contribution in [3.05, 3.63) is 59.9 Å². The van der Waals surface area contributed by atoms with Crippen LogP contribution in [-0.2, 0) is 29.9 Å². The van der Waals surface area contributed by atoms with Crippen molar-refractivity contribution in [2.45, 2.75) is 61.0 Å². The molecule has 0 aliphatic carbocycles. The van der Waals surface area contributed by atoms with Gasteiger partial charge < -0.3 is 14.5 Å². The van der Waals surface area contributed by atoms with E-state index in [1.165, 1.54) is 17.7 Å². The normalized spacial score (nSPS) is 19.9. The molecule has 32 heavy (non-hydrogen) atoms. The van der Waals surface area contributed by atoms with Gasteiger partial charge in [0.1, 0.15) is 0 Å². The molecule has 0 amide bonds. The Morgan fingerprint density at radius 1 is 1.03 bits per heavy atom. The molecule has 0 radical (unpaired) electrons. The molecule has 4 heterocycles. The van der Waals surface area contributed by atoms with Crippen molar-refractivity contribution < 1.29 is 8.42 Å². The SMILES string of the molecule is CCCn1ccc2cc(S(=O)(=O)c3ccc4c(c3)c3c(n4C)CC4CCC3N4)ccc21.Cl. The highest BCUT2D eigenvalue weighted by Crippen LogP contribution is 2.42. The monoisotopic (exact) mass is 469 g/mol. The predicted molar refractivity (Wildman–Crippen MR) is 130 cm³/mol. The first-order chi connectivity index (χ1) is 15.0. The Kier molecular flexibility index (Phi) is 5.15. The van der Waals surface area contributed by atoms with E-state index in [1.54, 1.807) is 12.1 Å². The highest BCUT2D eigenvalue weighted by atomic mass is 35.5. The molecule has 2 bridgehead atoms. The fourth-order valence-corrected chi connectivity index (χ4v) is 6.99. The van der Waals surface area contributed by atoms with E-state index >= 15 is 0 Å². The Labute approximate surface area is 194 Å². The van der Waals surface area contributed by atoms with Crippen LogP contribution in [0.15, 0.2) is 58.5 Å². The minimum absolute atomic E-state index is 0. The zero-order valence-electron chi connectivity index (χ0n) is 18.3. The Bertz CT molecular complexity index is 1450. The Morgan fingerprint density at radius 2 is 1.78 bits per heavy atom. The molecular weight excluding hydrogens is 442 g/mol. The molecule has 4 aromatic rings. The van der Waals surface area contributed by atoms with E-state index in [-0.39, 0.29) is 12.4 Å². The number of aromatic nitrogens is 2. The standard InChI is InChI=1S/C25H27N3O2S.ClH/c1-3-11-28-12-10-16-13-18(5-8-22(16)28)31(29,30)19-6-9-23-20(15-19)25-21-7-4-17(26-21)14-24(25)27(23)2;/h5-6,8-10,12-13,15,17,21,26H,3-4,7,11,14H2,1-2H3;1H. The zero-order chi connectivity index (χ0) is 21.3. The number of sulfone groups is 1. The molecule has 2 aliphatic heterocycles. The van der Waals surface area contributed by atoms with Gasteiger partial charge in [0.25, 0.3) is 0 Å². The molecule has 2 atom stereocenters. The van der Waals surface area contributed by atoms with E-state index in [4.69, 9.17) is 0 Å². The number of fused-ring (bicyclic) bond motifs is 7. The first kappa shape index (κ1) is 21.6. The summed E-state index contributed by atoms with van der Waals surface area (Å²) in [5.74, 6) is 0. The summed E-state index contributed by atoms with van der Waals surface area (Å²) < 4.78 is 31.6. The van der Waals surface area contributed by atoms with Crippen molar-refractivity contribution in [3.63, 3.8) is 0 Å². The van der Waals surface area contributed by atoms with Gasteiger partial charge in [-0.15, -0.1) is 12.4 Å². The van der Waals surface area contributed by atoms with Gasteiger partial charge in [-0.1, -0.05) is 6.92 Å². The largest absolute Gasteiger partial charge is 0.347 e. The second kappa shape index (κ2) is 7.65. The van der Waals surface area contributed by atoms with Crippen molar-refractivity contribution in [3.8, 4) is 0 Å². The van der Waals surface area contributed by atoms with Gasteiger partial charge in [0.05, 0.1) is 9.79 Å². The second-order valence-corrected chi connectivity index (χ2v) is 11.0. The Hall–Kier alpha value is -2.28. The molecule has 2 unspecified atom stereocenters. The smallest absolute Gasteiger partial charge is 0.206 e. The fourth-order valence-electron chi connectivity index (χ4n) is 5.67. The third-order valence-electron chi connectivity index (χ3n) is 7.19. The van der Waals surface area contributed by atoms with Crippen molar-refractivity contribution in [2.24, 2.45) is 7.05 Å². The van der Waals surface area contributed by atoms with Crippen LogP contribution in [0.1, 0.15) is 43.5 Å². The van der Waals surface area contributed by atoms with Crippen molar-refractivity contribution in [1.29, 1.82) is 0 Å². The summed E-state index contributed by atoms with van der Waals surface area (Å²) >= 11 is 0. The number of aryl methyl sites for hydroxylation is 2. The van der Waals surface area contributed by atoms with Crippen LogP contribution in [0.5, 0.6) is 0 Å². The number of rotatable bonds is 4. The van der Waals surface area contributed by atoms with Crippen LogP contribution >= 0.6 is 12.4 Å². The van der Waals surface area contributed by atoms with Crippen LogP contribution in [0.25, 0.3) is 21.8 Å². The molecule has 0 spiro atoms. The lowest BCUT2D eigenvalue weighted by molar-refractivity contribution is 0.503.